The van der Waals surface area contributed by atoms with Gasteiger partial charge in [0.05, 0.1) is 12.4 Å². The van der Waals surface area contributed by atoms with Gasteiger partial charge in [0.25, 0.3) is 5.91 Å². The molecule has 0 fully saturated rings. The van der Waals surface area contributed by atoms with Gasteiger partial charge in [-0.25, -0.2) is 9.97 Å². The van der Waals surface area contributed by atoms with Crippen LogP contribution >= 0.6 is 0 Å². The lowest BCUT2D eigenvalue weighted by atomic mass is 10.2. The molecule has 0 aliphatic heterocycles. The van der Waals surface area contributed by atoms with Crippen LogP contribution in [0.3, 0.4) is 0 Å². The second kappa shape index (κ2) is 6.91. The van der Waals surface area contributed by atoms with Crippen LogP contribution in [-0.2, 0) is 0 Å². The zero-order chi connectivity index (χ0) is 16.9. The van der Waals surface area contributed by atoms with E-state index in [-0.39, 0.29) is 11.6 Å². The van der Waals surface area contributed by atoms with Crippen LogP contribution in [0, 0.1) is 13.8 Å². The number of aryl methyl sites for hydroxylation is 2. The summed E-state index contributed by atoms with van der Waals surface area (Å²) in [6.45, 7) is 4.03. The van der Waals surface area contributed by atoms with Gasteiger partial charge in [0.2, 0.25) is 0 Å². The summed E-state index contributed by atoms with van der Waals surface area (Å²) in [7, 11) is 0. The molecule has 0 unspecified atom stereocenters. The molecule has 0 spiro atoms. The van der Waals surface area contributed by atoms with Crippen LogP contribution in [0.5, 0.6) is 0 Å². The largest absolute Gasteiger partial charge is 0.339 e. The van der Waals surface area contributed by atoms with Crippen molar-refractivity contribution in [2.75, 3.05) is 10.6 Å². The van der Waals surface area contributed by atoms with Crippen molar-refractivity contribution in [2.24, 2.45) is 0 Å². The molecule has 0 bridgehead atoms. The minimum absolute atomic E-state index is 0.269. The number of nitrogens with zero attached hydrogens (tertiary/aromatic N) is 2. The Hall–Kier alpha value is -3.21. The van der Waals surface area contributed by atoms with Crippen molar-refractivity contribution in [3.05, 3.63) is 77.7 Å². The Morgan fingerprint density at radius 1 is 0.792 bits per heavy atom. The first-order valence-corrected chi connectivity index (χ1v) is 7.64. The molecule has 1 heterocycles. The molecule has 1 aromatic heterocycles. The molecule has 0 aliphatic carbocycles. The van der Waals surface area contributed by atoms with Gasteiger partial charge in [-0.3, -0.25) is 4.79 Å². The van der Waals surface area contributed by atoms with Gasteiger partial charge in [-0.1, -0.05) is 35.4 Å². The van der Waals surface area contributed by atoms with Crippen LogP contribution in [0.2, 0.25) is 0 Å². The van der Waals surface area contributed by atoms with Crippen molar-refractivity contribution in [3.63, 3.8) is 0 Å². The highest BCUT2D eigenvalue weighted by atomic mass is 16.1. The van der Waals surface area contributed by atoms with Crippen LogP contribution in [0.25, 0.3) is 0 Å². The van der Waals surface area contributed by atoms with Gasteiger partial charge in [0, 0.05) is 11.4 Å². The third-order valence-corrected chi connectivity index (χ3v) is 3.52. The molecule has 0 saturated carbocycles. The maximum atomic E-state index is 12.2. The lowest BCUT2D eigenvalue weighted by Gasteiger charge is -2.07. The minimum atomic E-state index is -0.284. The molecule has 3 aromatic rings. The number of carbonyl (C=O) groups excluding carboxylic acids is 1. The first kappa shape index (κ1) is 15.7. The average Bonchev–Trinajstić information content (AvgIpc) is 2.59. The quantitative estimate of drug-likeness (QED) is 0.760. The van der Waals surface area contributed by atoms with Crippen LogP contribution < -0.4 is 10.6 Å². The van der Waals surface area contributed by atoms with E-state index in [4.69, 9.17) is 0 Å². The molecule has 1 amide bonds. The highest BCUT2D eigenvalue weighted by Crippen LogP contribution is 2.15. The predicted molar refractivity (Wildman–Crippen MR) is 95.6 cm³/mol. The average molecular weight is 318 g/mol. The van der Waals surface area contributed by atoms with Crippen LogP contribution in [0.1, 0.15) is 21.6 Å². The molecule has 5 heteroatoms. The van der Waals surface area contributed by atoms with Crippen molar-refractivity contribution in [1.82, 2.24) is 9.97 Å². The first-order valence-electron chi connectivity index (χ1n) is 7.64. The Kier molecular flexibility index (Phi) is 4.52. The molecule has 5 nitrogen and oxygen atoms in total. The Labute approximate surface area is 140 Å². The Balaban J connectivity index is 1.66. The third kappa shape index (κ3) is 3.95. The maximum absolute atomic E-state index is 12.2. The molecule has 120 valence electrons. The number of anilines is 3. The van der Waals surface area contributed by atoms with E-state index in [9.17, 15) is 4.79 Å². The van der Waals surface area contributed by atoms with Crippen molar-refractivity contribution in [2.45, 2.75) is 13.8 Å². The van der Waals surface area contributed by atoms with Crippen molar-refractivity contribution in [1.29, 1.82) is 0 Å². The second-order valence-electron chi connectivity index (χ2n) is 5.60. The highest BCUT2D eigenvalue weighted by Gasteiger charge is 2.08. The summed E-state index contributed by atoms with van der Waals surface area (Å²) < 4.78 is 0. The molecule has 2 N–H and O–H groups in total. The second-order valence-corrected chi connectivity index (χ2v) is 5.60. The summed E-state index contributed by atoms with van der Waals surface area (Å²) in [5, 5.41) is 5.95. The summed E-state index contributed by atoms with van der Waals surface area (Å²) >= 11 is 0. The minimum Gasteiger partial charge on any atom is -0.339 e. The van der Waals surface area contributed by atoms with Gasteiger partial charge in [-0.05, 0) is 38.1 Å². The van der Waals surface area contributed by atoms with E-state index in [1.165, 1.54) is 11.8 Å². The molecule has 0 atom stereocenters. The normalized spacial score (nSPS) is 10.2. The fraction of sp³-hybridized carbons (Fsp3) is 0.105. The van der Waals surface area contributed by atoms with E-state index in [0.717, 1.165) is 16.9 Å². The molecule has 0 radical (unpaired) electrons. The number of aromatic nitrogens is 2. The Bertz CT molecular complexity index is 825. The predicted octanol–water partition coefficient (Wildman–Crippen LogP) is 4.09. The summed E-state index contributed by atoms with van der Waals surface area (Å²) in [5.41, 5.74) is 4.25. The molecule has 24 heavy (non-hydrogen) atoms. The number of nitrogens with one attached hydrogen (secondary N) is 2. The summed E-state index contributed by atoms with van der Waals surface area (Å²) in [4.78, 5) is 20.6. The number of hydrogen-bond donors (Lipinski definition) is 2. The van der Waals surface area contributed by atoms with E-state index in [1.54, 1.807) is 6.20 Å². The fourth-order valence-corrected chi connectivity index (χ4v) is 2.13. The monoisotopic (exact) mass is 318 g/mol. The van der Waals surface area contributed by atoms with Gasteiger partial charge in [-0.2, -0.15) is 0 Å². The lowest BCUT2D eigenvalue weighted by Crippen LogP contribution is -2.14. The van der Waals surface area contributed by atoms with E-state index in [2.05, 4.69) is 20.6 Å². The maximum Gasteiger partial charge on any atom is 0.275 e. The molecule has 2 aromatic carbocycles. The summed E-state index contributed by atoms with van der Waals surface area (Å²) in [5.74, 6) is 0.305. The smallest absolute Gasteiger partial charge is 0.275 e. The number of benzene rings is 2. The standard InChI is InChI=1S/C19H18N4O/c1-13-3-7-15(8-4-13)22-18-12-20-17(11-21-18)19(24)23-16-9-5-14(2)6-10-16/h3-12H,1-2H3,(H,21,22)(H,23,24). The van der Waals surface area contributed by atoms with E-state index < -0.39 is 0 Å². The molecule has 0 saturated heterocycles. The fourth-order valence-electron chi connectivity index (χ4n) is 2.13. The molecule has 3 rings (SSSR count). The van der Waals surface area contributed by atoms with E-state index in [1.807, 2.05) is 62.4 Å². The third-order valence-electron chi connectivity index (χ3n) is 3.52. The number of carbonyl (C=O) groups is 1. The molecular weight excluding hydrogens is 300 g/mol. The molecular formula is C19H18N4O. The van der Waals surface area contributed by atoms with E-state index >= 15 is 0 Å². The van der Waals surface area contributed by atoms with Gasteiger partial charge in [0.1, 0.15) is 11.5 Å². The van der Waals surface area contributed by atoms with Crippen LogP contribution in [0.15, 0.2) is 60.9 Å². The van der Waals surface area contributed by atoms with Gasteiger partial charge in [0.15, 0.2) is 0 Å². The highest BCUT2D eigenvalue weighted by molar-refractivity contribution is 6.02. The Morgan fingerprint density at radius 2 is 1.38 bits per heavy atom. The number of rotatable bonds is 4. The molecule has 0 aliphatic rings. The summed E-state index contributed by atoms with van der Waals surface area (Å²) in [6.07, 6.45) is 3.00. The van der Waals surface area contributed by atoms with E-state index in [0.29, 0.717) is 5.82 Å². The van der Waals surface area contributed by atoms with Crippen molar-refractivity contribution < 1.29 is 4.79 Å². The number of hydrogen-bond acceptors (Lipinski definition) is 4. The van der Waals surface area contributed by atoms with Gasteiger partial charge in [-0.15, -0.1) is 0 Å². The summed E-state index contributed by atoms with van der Waals surface area (Å²) in [6, 6.07) is 15.6. The lowest BCUT2D eigenvalue weighted by molar-refractivity contribution is 0.102. The van der Waals surface area contributed by atoms with Crippen LogP contribution in [-0.4, -0.2) is 15.9 Å². The van der Waals surface area contributed by atoms with Gasteiger partial charge >= 0.3 is 0 Å². The van der Waals surface area contributed by atoms with Crippen molar-refractivity contribution >= 4 is 23.1 Å². The topological polar surface area (TPSA) is 66.9 Å². The number of amides is 1. The Morgan fingerprint density at radius 3 is 1.92 bits per heavy atom. The van der Waals surface area contributed by atoms with Crippen molar-refractivity contribution in [3.8, 4) is 0 Å². The zero-order valence-electron chi connectivity index (χ0n) is 13.6. The zero-order valence-corrected chi connectivity index (χ0v) is 13.6. The van der Waals surface area contributed by atoms with Crippen LogP contribution in [0.4, 0.5) is 17.2 Å². The van der Waals surface area contributed by atoms with Gasteiger partial charge < -0.3 is 10.6 Å². The SMILES string of the molecule is Cc1ccc(NC(=O)c2cnc(Nc3ccc(C)cc3)cn2)cc1. The first-order chi connectivity index (χ1) is 11.6.